The number of methoxy groups -OCH3 is 1. The summed E-state index contributed by atoms with van der Waals surface area (Å²) in [6.45, 7) is -13.8. The van der Waals surface area contributed by atoms with Crippen LogP contribution in [0.25, 0.3) is 22.0 Å². The van der Waals surface area contributed by atoms with E-state index in [1.54, 1.807) is 0 Å². The molecule has 1 fully saturated rings. The molecule has 0 aliphatic carbocycles. The molecule has 5 aromatic rings. The summed E-state index contributed by atoms with van der Waals surface area (Å²) in [6, 6.07) is -26.0. The molecule has 0 atom stereocenters. The number of pyridine rings is 1. The number of para-hydroxylation sites is 1. The molecule has 2 heterocycles. The van der Waals surface area contributed by atoms with Gasteiger partial charge in [0.15, 0.2) is 17.1 Å². The maximum absolute atomic E-state index is 15.7. The number of carbonyl (C=O) groups is 1. The van der Waals surface area contributed by atoms with Gasteiger partial charge in [-0.25, -0.2) is 8.78 Å². The Kier molecular flexibility index (Phi) is 5.05. The standard InChI is InChI=1S/C41H40F5N3O3S/c1-27-22-29(28-12-14-32(15-13-28)41(44,45)46)10-11-30(27)24-48(33-16-18-47(19-17-33)20-21-52-2)38(51)25-49-36-9-4-3-7-34(36)37(50)23-39(49)53-26-31-6-5-8-35(42)40(31)43/h3-15,22-23,33H,16-21,24-26H2,1-2H3/i2D3,3D,4D,5D,6D,7D,8D,9D,10D,11D,12D,13D,14D,15D,16D2,17D2,18D2,19D2,22D,23D,26D2,33D. The van der Waals surface area contributed by atoms with Crippen LogP contribution in [0.2, 0.25) is 0 Å². The van der Waals surface area contributed by atoms with Gasteiger partial charge in [-0.3, -0.25) is 9.59 Å². The van der Waals surface area contributed by atoms with E-state index in [0.717, 1.165) is 6.92 Å². The van der Waals surface area contributed by atoms with Crippen molar-refractivity contribution in [2.75, 3.05) is 33.2 Å². The van der Waals surface area contributed by atoms with Gasteiger partial charge >= 0.3 is 6.18 Å². The topological polar surface area (TPSA) is 54.8 Å². The molecule has 0 unspecified atom stereocenters. The van der Waals surface area contributed by atoms with Gasteiger partial charge in [0.25, 0.3) is 0 Å². The second-order valence-corrected chi connectivity index (χ2v) is 11.3. The molecule has 0 radical (unpaired) electrons. The molecule has 0 saturated carbocycles. The highest BCUT2D eigenvalue weighted by Crippen LogP contribution is 2.32. The Morgan fingerprint density at radius 1 is 1.02 bits per heavy atom. The lowest BCUT2D eigenvalue weighted by Crippen LogP contribution is -2.48. The number of piperidine rings is 1. The smallest absolute Gasteiger partial charge is 0.383 e. The van der Waals surface area contributed by atoms with Crippen molar-refractivity contribution in [1.82, 2.24) is 14.4 Å². The quantitative estimate of drug-likeness (QED) is 0.0938. The van der Waals surface area contributed by atoms with Crippen LogP contribution in [0.3, 0.4) is 0 Å². The van der Waals surface area contributed by atoms with Gasteiger partial charge < -0.3 is 19.1 Å². The van der Waals surface area contributed by atoms with Gasteiger partial charge in [-0.05, 0) is 72.1 Å². The third-order valence-electron chi connectivity index (χ3n) is 7.13. The van der Waals surface area contributed by atoms with E-state index in [-0.39, 0.29) is 14.4 Å². The van der Waals surface area contributed by atoms with E-state index in [1.165, 1.54) is 0 Å². The number of thioether (sulfide) groups is 1. The van der Waals surface area contributed by atoms with Gasteiger partial charge in [-0.15, -0.1) is 11.8 Å². The number of nitrogens with zero attached hydrogens (tertiary/aromatic N) is 3. The van der Waals surface area contributed by atoms with Gasteiger partial charge in [0.2, 0.25) is 5.91 Å². The number of benzene rings is 4. The summed E-state index contributed by atoms with van der Waals surface area (Å²) in [5.74, 6) is -6.60. The molecule has 4 aromatic carbocycles. The average Bonchev–Trinajstić information content (AvgIpc) is 2.04. The van der Waals surface area contributed by atoms with Crippen molar-refractivity contribution in [3.63, 3.8) is 0 Å². The predicted molar refractivity (Wildman–Crippen MR) is 198 cm³/mol. The van der Waals surface area contributed by atoms with Gasteiger partial charge in [-0.2, -0.15) is 13.2 Å². The first-order valence-corrected chi connectivity index (χ1v) is 15.6. The first-order valence-electron chi connectivity index (χ1n) is 29.3. The van der Waals surface area contributed by atoms with Crippen LogP contribution < -0.4 is 5.43 Å². The number of carbonyl (C=O) groups excluding carboxylic acids is 1. The minimum atomic E-state index is -5.50. The van der Waals surface area contributed by atoms with E-state index in [4.69, 9.17) is 32.9 Å². The maximum Gasteiger partial charge on any atom is 0.416 e. The summed E-state index contributed by atoms with van der Waals surface area (Å²) >= 11 is -0.586. The van der Waals surface area contributed by atoms with Crippen molar-refractivity contribution in [2.24, 2.45) is 0 Å². The van der Waals surface area contributed by atoms with Gasteiger partial charge in [0.05, 0.1) is 48.8 Å². The minimum Gasteiger partial charge on any atom is -0.383 e. The first kappa shape index (κ1) is 16.1. The Hall–Kier alpha value is -4.52. The highest BCUT2D eigenvalue weighted by molar-refractivity contribution is 7.98. The lowest BCUT2D eigenvalue weighted by molar-refractivity contribution is -0.137. The van der Waals surface area contributed by atoms with E-state index in [1.807, 2.05) is 0 Å². The zero-order valence-electron chi connectivity index (χ0n) is 55.7. The number of hydrogen-bond donors (Lipinski definition) is 0. The zero-order chi connectivity index (χ0) is 63.1. The van der Waals surface area contributed by atoms with E-state index in [0.29, 0.717) is 0 Å². The Morgan fingerprint density at radius 2 is 1.75 bits per heavy atom. The largest absolute Gasteiger partial charge is 0.416 e. The van der Waals surface area contributed by atoms with Crippen LogP contribution in [0, 0.1) is 18.6 Å². The van der Waals surface area contributed by atoms with Crippen molar-refractivity contribution in [2.45, 2.75) is 55.7 Å². The Labute approximate surface area is 349 Å². The maximum atomic E-state index is 15.7. The predicted octanol–water partition coefficient (Wildman–Crippen LogP) is 8.71. The highest BCUT2D eigenvalue weighted by atomic mass is 32.2. The van der Waals surface area contributed by atoms with Gasteiger partial charge in [0, 0.05) is 75.5 Å². The number of alkyl halides is 3. The van der Waals surface area contributed by atoms with Crippen LogP contribution in [-0.2, 0) is 34.5 Å². The third kappa shape index (κ3) is 9.00. The van der Waals surface area contributed by atoms with Crippen LogP contribution in [-0.4, -0.2) is 59.5 Å². The van der Waals surface area contributed by atoms with Crippen molar-refractivity contribution >= 4 is 28.6 Å². The zero-order valence-corrected chi connectivity index (χ0v) is 27.5. The van der Waals surface area contributed by atoms with Crippen molar-refractivity contribution in [1.29, 1.82) is 0 Å². The van der Waals surface area contributed by atoms with Crippen LogP contribution in [0.1, 0.15) is 74.8 Å². The number of likely N-dealkylation sites (tertiary alicyclic amines) is 1. The van der Waals surface area contributed by atoms with Crippen molar-refractivity contribution in [3.8, 4) is 11.1 Å². The van der Waals surface area contributed by atoms with Gasteiger partial charge in [-0.1, -0.05) is 54.4 Å². The number of fused-ring (bicyclic) bond motifs is 1. The summed E-state index contributed by atoms with van der Waals surface area (Å²) in [4.78, 5) is 29.2. The molecule has 6 nitrogen and oxygen atoms in total. The molecular weight excluding hydrogens is 710 g/mol. The molecular formula is C41H40F5N3O3S. The molecule has 1 aliphatic rings. The average molecular weight is 779 g/mol. The normalized spacial score (nSPS) is 26.9. The van der Waals surface area contributed by atoms with E-state index < -0.39 is 252 Å². The van der Waals surface area contributed by atoms with Crippen molar-refractivity contribution < 1.29 is 71.2 Å². The number of rotatable bonds is 12. The number of ether oxygens (including phenoxy) is 1. The fraction of sp³-hybridized carbons (Fsp3) is 0.317. The van der Waals surface area contributed by atoms with Crippen LogP contribution in [0.5, 0.6) is 0 Å². The van der Waals surface area contributed by atoms with Crippen LogP contribution >= 0.6 is 11.8 Å². The molecule has 278 valence electrons. The van der Waals surface area contributed by atoms with Crippen LogP contribution in [0.15, 0.2) is 100 Å². The van der Waals surface area contributed by atoms with E-state index in [2.05, 4.69) is 4.74 Å². The molecule has 6 rings (SSSR count). The molecule has 1 amide bonds. The lowest BCUT2D eigenvalue weighted by Gasteiger charge is -2.39. The third-order valence-corrected chi connectivity index (χ3v) is 7.95. The first-order chi connectivity index (χ1) is 37.0. The molecule has 12 heteroatoms. The summed E-state index contributed by atoms with van der Waals surface area (Å²) < 4.78 is 328. The second kappa shape index (κ2) is 16.7. The molecule has 0 bridgehead atoms. The summed E-state index contributed by atoms with van der Waals surface area (Å²) in [7, 11) is -3.27. The molecule has 53 heavy (non-hydrogen) atoms. The summed E-state index contributed by atoms with van der Waals surface area (Å²) in [6.07, 6.45) is -14.4. The SMILES string of the molecule is [2H]c1c([2H])c(F)c(F)c(C([2H])([2H])Sc2c([2H])c(=O)c3c([2H])c([2H])c([2H])c([2H])c3n2CC(=O)N(Cc2c([2H])c([2H])c(-c3c([2H])c([2H])c(C(F)(F)F)c([2H])c3[2H])c([2H])c2C)C2([2H])C([2H])([2H])C([2H])([2H])N(CCOC([2H])([2H])[2H])C([2H])([2H])C2([2H])[2H])c1[2H]. The monoisotopic (exact) mass is 778 g/mol. The fourth-order valence-corrected chi connectivity index (χ4v) is 5.26. The minimum absolute atomic E-state index is 0.155. The Morgan fingerprint density at radius 3 is 2.49 bits per heavy atom. The number of aromatic nitrogens is 1. The van der Waals surface area contributed by atoms with Crippen LogP contribution in [0.4, 0.5) is 22.0 Å². The Bertz CT molecular complexity index is 3480. The molecule has 0 N–H and O–H groups in total. The molecule has 1 aliphatic heterocycles. The number of hydrogen-bond acceptors (Lipinski definition) is 5. The van der Waals surface area contributed by atoms with E-state index >= 15 is 13.6 Å². The highest BCUT2D eigenvalue weighted by Gasteiger charge is 2.31. The Balaban J connectivity index is 1.75. The number of halogens is 5. The van der Waals surface area contributed by atoms with E-state index in [9.17, 15) is 24.8 Å². The second-order valence-electron chi connectivity index (χ2n) is 10.6. The lowest BCUT2D eigenvalue weighted by atomic mass is 9.97. The van der Waals surface area contributed by atoms with Gasteiger partial charge in [0.1, 0.15) is 6.54 Å². The molecule has 1 aromatic heterocycles. The fourth-order valence-electron chi connectivity index (χ4n) is 4.51. The molecule has 1 saturated heterocycles. The summed E-state index contributed by atoms with van der Waals surface area (Å²) in [5, 5.41) is -2.56. The summed E-state index contributed by atoms with van der Waals surface area (Å²) in [5.41, 5.74) is -14.5. The molecule has 0 spiro atoms. The van der Waals surface area contributed by atoms with Crippen molar-refractivity contribution in [3.05, 3.63) is 135 Å². The number of amides is 1.